The molecule has 7 heteroatoms. The third-order valence-electron chi connectivity index (χ3n) is 5.59. The highest BCUT2D eigenvalue weighted by Gasteiger charge is 2.35. The average Bonchev–Trinajstić information content (AvgIpc) is 3.15. The van der Waals surface area contributed by atoms with E-state index in [1.165, 1.54) is 60.8 Å². The van der Waals surface area contributed by atoms with Crippen molar-refractivity contribution in [2.45, 2.75) is 55.8 Å². The van der Waals surface area contributed by atoms with Crippen molar-refractivity contribution in [1.29, 1.82) is 0 Å². The van der Waals surface area contributed by atoms with Crippen molar-refractivity contribution in [3.05, 3.63) is 29.8 Å². The molecule has 4 rings (SSSR count). The number of fused-ring (bicyclic) bond motifs is 1. The van der Waals surface area contributed by atoms with Gasteiger partial charge in [0.1, 0.15) is 0 Å². The molecule has 5 nitrogen and oxygen atoms in total. The number of carbonyl (C=O) groups excluding carboxylic acids is 1. The van der Waals surface area contributed by atoms with E-state index in [9.17, 15) is 4.79 Å². The van der Waals surface area contributed by atoms with E-state index < -0.39 is 0 Å². The maximum absolute atomic E-state index is 12.8. The number of aromatic nitrogens is 2. The van der Waals surface area contributed by atoms with Gasteiger partial charge < -0.3 is 10.2 Å². The van der Waals surface area contributed by atoms with Crippen molar-refractivity contribution >= 4 is 39.8 Å². The first-order valence-electron chi connectivity index (χ1n) is 9.78. The molecule has 2 atom stereocenters. The second-order valence-corrected chi connectivity index (χ2v) is 9.69. The Kier molecular flexibility index (Phi) is 5.98. The lowest BCUT2D eigenvalue weighted by Gasteiger charge is -2.44. The summed E-state index contributed by atoms with van der Waals surface area (Å²) in [5, 5.41) is 12.5. The van der Waals surface area contributed by atoms with Crippen molar-refractivity contribution in [2.75, 3.05) is 17.6 Å². The number of hydrogen-bond acceptors (Lipinski definition) is 6. The maximum Gasteiger partial charge on any atom is 0.233 e. The van der Waals surface area contributed by atoms with Crippen molar-refractivity contribution in [3.63, 3.8) is 0 Å². The molecule has 27 heavy (non-hydrogen) atoms. The van der Waals surface area contributed by atoms with Gasteiger partial charge in [-0.3, -0.25) is 4.79 Å². The second kappa shape index (κ2) is 8.61. The summed E-state index contributed by atoms with van der Waals surface area (Å²) < 4.78 is 0.843. The molecule has 1 aliphatic heterocycles. The van der Waals surface area contributed by atoms with Crippen LogP contribution in [0.15, 0.2) is 28.6 Å². The number of nitrogens with one attached hydrogen (secondary N) is 1. The van der Waals surface area contributed by atoms with Gasteiger partial charge in [-0.25, -0.2) is 0 Å². The third-order valence-corrected chi connectivity index (χ3v) is 7.55. The number of rotatable bonds is 5. The van der Waals surface area contributed by atoms with Gasteiger partial charge in [0.2, 0.25) is 11.0 Å². The van der Waals surface area contributed by atoms with Gasteiger partial charge in [0.25, 0.3) is 0 Å². The fraction of sp³-hybridized carbons (Fsp3) is 0.550. The quantitative estimate of drug-likeness (QED) is 0.724. The Morgan fingerprint density at radius 2 is 1.96 bits per heavy atom. The number of benzene rings is 1. The number of anilines is 2. The normalized spacial score (nSPS) is 22.3. The topological polar surface area (TPSA) is 58.1 Å². The van der Waals surface area contributed by atoms with Crippen molar-refractivity contribution < 1.29 is 4.79 Å². The Labute approximate surface area is 168 Å². The molecule has 1 amide bonds. The standard InChI is InChI=1S/C20H26N4OS2/c1-14-8-10-16(11-9-14)21-19-22-23-20(27-19)26-13-18(25)24-12-4-6-15-5-2-3-7-17(15)24/h8-11,15,17H,2-7,12-13H2,1H3,(H,21,22)/t15-,17+/m0/s1. The van der Waals surface area contributed by atoms with Gasteiger partial charge in [-0.05, 0) is 50.7 Å². The van der Waals surface area contributed by atoms with Crippen LogP contribution in [0.25, 0.3) is 0 Å². The van der Waals surface area contributed by atoms with Gasteiger partial charge >= 0.3 is 0 Å². The van der Waals surface area contributed by atoms with Crippen LogP contribution in [0.4, 0.5) is 10.8 Å². The molecule has 2 heterocycles. The minimum atomic E-state index is 0.264. The summed E-state index contributed by atoms with van der Waals surface area (Å²) in [7, 11) is 0. The molecule has 144 valence electrons. The van der Waals surface area contributed by atoms with Gasteiger partial charge in [-0.2, -0.15) is 0 Å². The lowest BCUT2D eigenvalue weighted by Crippen LogP contribution is -2.50. The largest absolute Gasteiger partial charge is 0.339 e. The SMILES string of the molecule is Cc1ccc(Nc2nnc(SCC(=O)N3CCC[C@@H]4CCCC[C@H]43)s2)cc1. The number of nitrogens with zero attached hydrogens (tertiary/aromatic N) is 3. The third kappa shape index (κ3) is 4.63. The summed E-state index contributed by atoms with van der Waals surface area (Å²) in [6, 6.07) is 8.67. The van der Waals surface area contributed by atoms with Crippen LogP contribution in [0.3, 0.4) is 0 Å². The molecule has 2 aliphatic rings. The van der Waals surface area contributed by atoms with Crippen molar-refractivity contribution in [3.8, 4) is 0 Å². The zero-order valence-corrected chi connectivity index (χ0v) is 17.3. The molecule has 2 aromatic rings. The predicted octanol–water partition coefficient (Wildman–Crippen LogP) is 4.86. The van der Waals surface area contributed by atoms with E-state index in [1.54, 1.807) is 0 Å². The van der Waals surface area contributed by atoms with E-state index >= 15 is 0 Å². The van der Waals surface area contributed by atoms with Crippen molar-refractivity contribution in [1.82, 2.24) is 15.1 Å². The zero-order valence-electron chi connectivity index (χ0n) is 15.7. The minimum absolute atomic E-state index is 0.264. The van der Waals surface area contributed by atoms with Crippen LogP contribution in [-0.2, 0) is 4.79 Å². The molecule has 0 bridgehead atoms. The van der Waals surface area contributed by atoms with Gasteiger partial charge in [0.05, 0.1) is 5.75 Å². The fourth-order valence-corrected chi connectivity index (χ4v) is 5.88. The van der Waals surface area contributed by atoms with Gasteiger partial charge in [-0.15, -0.1) is 10.2 Å². The summed E-state index contributed by atoms with van der Waals surface area (Å²) in [6.45, 7) is 3.00. The number of carbonyl (C=O) groups is 1. The molecular weight excluding hydrogens is 376 g/mol. The number of aryl methyl sites for hydroxylation is 1. The Bertz CT molecular complexity index is 775. The van der Waals surface area contributed by atoms with Gasteiger partial charge in [0.15, 0.2) is 4.34 Å². The number of amides is 1. The first-order valence-corrected chi connectivity index (χ1v) is 11.6. The molecule has 1 saturated heterocycles. The van der Waals surface area contributed by atoms with E-state index in [2.05, 4.69) is 39.5 Å². The van der Waals surface area contributed by atoms with Crippen LogP contribution < -0.4 is 5.32 Å². The number of hydrogen-bond donors (Lipinski definition) is 1. The molecule has 1 aromatic heterocycles. The van der Waals surface area contributed by atoms with E-state index in [4.69, 9.17) is 0 Å². The van der Waals surface area contributed by atoms with Gasteiger partial charge in [-0.1, -0.05) is 53.6 Å². The van der Waals surface area contributed by atoms with Gasteiger partial charge in [0, 0.05) is 18.3 Å². The van der Waals surface area contributed by atoms with E-state index in [-0.39, 0.29) is 5.91 Å². The van der Waals surface area contributed by atoms with Crippen LogP contribution >= 0.6 is 23.1 Å². The summed E-state index contributed by atoms with van der Waals surface area (Å²) in [6.07, 6.45) is 7.53. The summed E-state index contributed by atoms with van der Waals surface area (Å²) in [5.41, 5.74) is 2.23. The first kappa shape index (κ1) is 18.7. The van der Waals surface area contributed by atoms with E-state index in [0.717, 1.165) is 34.0 Å². The Hall–Kier alpha value is -1.60. The lowest BCUT2D eigenvalue weighted by atomic mass is 9.78. The van der Waals surface area contributed by atoms with Crippen LogP contribution in [0, 0.1) is 12.8 Å². The highest BCUT2D eigenvalue weighted by Crippen LogP contribution is 2.36. The van der Waals surface area contributed by atoms with E-state index in [1.807, 2.05) is 12.1 Å². The van der Waals surface area contributed by atoms with Crippen LogP contribution in [0.2, 0.25) is 0 Å². The highest BCUT2D eigenvalue weighted by molar-refractivity contribution is 8.01. The molecule has 0 spiro atoms. The monoisotopic (exact) mass is 402 g/mol. The molecule has 1 N–H and O–H groups in total. The molecule has 0 radical (unpaired) electrons. The summed E-state index contributed by atoms with van der Waals surface area (Å²) in [4.78, 5) is 15.0. The molecular formula is C20H26N4OS2. The van der Waals surface area contributed by atoms with Crippen LogP contribution in [0.1, 0.15) is 44.1 Å². The van der Waals surface area contributed by atoms with Crippen LogP contribution in [-0.4, -0.2) is 39.3 Å². The lowest BCUT2D eigenvalue weighted by molar-refractivity contribution is -0.134. The minimum Gasteiger partial charge on any atom is -0.339 e. The predicted molar refractivity (Wildman–Crippen MR) is 112 cm³/mol. The Morgan fingerprint density at radius 1 is 1.19 bits per heavy atom. The molecule has 1 saturated carbocycles. The average molecular weight is 403 g/mol. The maximum atomic E-state index is 12.8. The first-order chi connectivity index (χ1) is 13.2. The summed E-state index contributed by atoms with van der Waals surface area (Å²) >= 11 is 3.01. The number of piperidine rings is 1. The summed E-state index contributed by atoms with van der Waals surface area (Å²) in [5.74, 6) is 1.45. The number of thioether (sulfide) groups is 1. The number of likely N-dealkylation sites (tertiary alicyclic amines) is 1. The smallest absolute Gasteiger partial charge is 0.233 e. The van der Waals surface area contributed by atoms with Crippen molar-refractivity contribution in [2.24, 2.45) is 5.92 Å². The fourth-order valence-electron chi connectivity index (χ4n) is 4.22. The molecule has 1 aromatic carbocycles. The Balaban J connectivity index is 1.31. The highest BCUT2D eigenvalue weighted by atomic mass is 32.2. The van der Waals surface area contributed by atoms with E-state index in [0.29, 0.717) is 11.8 Å². The molecule has 1 aliphatic carbocycles. The van der Waals surface area contributed by atoms with Crippen LogP contribution in [0.5, 0.6) is 0 Å². The Morgan fingerprint density at radius 3 is 2.81 bits per heavy atom. The molecule has 2 fully saturated rings. The second-order valence-electron chi connectivity index (χ2n) is 7.49. The zero-order chi connectivity index (χ0) is 18.6. The molecule has 0 unspecified atom stereocenters.